The van der Waals surface area contributed by atoms with Gasteiger partial charge in [-0.25, -0.2) is 8.42 Å². The summed E-state index contributed by atoms with van der Waals surface area (Å²) in [7, 11) is -5.22. The Labute approximate surface area is 191 Å². The second-order valence-corrected chi connectivity index (χ2v) is 9.56. The summed E-state index contributed by atoms with van der Waals surface area (Å²) in [6.45, 7) is 5.69. The summed E-state index contributed by atoms with van der Waals surface area (Å²) >= 11 is 1.65. The number of hydrogen-bond acceptors (Lipinski definition) is 4. The van der Waals surface area contributed by atoms with E-state index in [0.717, 1.165) is 0 Å². The summed E-state index contributed by atoms with van der Waals surface area (Å²) in [5, 5.41) is 10.5. The van der Waals surface area contributed by atoms with Gasteiger partial charge in [0.2, 0.25) is 0 Å². The van der Waals surface area contributed by atoms with Gasteiger partial charge in [0.25, 0.3) is 0 Å². The number of thiophene rings is 1. The average molecular weight is 568 g/mol. The van der Waals surface area contributed by atoms with E-state index in [1.165, 1.54) is 5.56 Å². The summed E-state index contributed by atoms with van der Waals surface area (Å²) in [5.74, 6) is 1.05. The lowest BCUT2D eigenvalue weighted by Gasteiger charge is -2.31. The van der Waals surface area contributed by atoms with Crippen LogP contribution in [0.5, 0.6) is 0 Å². The molecule has 168 valence electrons. The minimum Gasteiger partial charge on any atom is -0.357 e. The minimum atomic E-state index is -5.23. The van der Waals surface area contributed by atoms with Crippen molar-refractivity contribution >= 4 is 51.3 Å². The zero-order chi connectivity index (χ0) is 20.8. The van der Waals surface area contributed by atoms with Crippen LogP contribution in [0.15, 0.2) is 21.8 Å². The first-order valence-electron chi connectivity index (χ1n) is 9.25. The quantitative estimate of drug-likeness (QED) is 0.300. The van der Waals surface area contributed by atoms with E-state index < -0.39 is 15.5 Å². The third-order valence-electron chi connectivity index (χ3n) is 4.74. The zero-order valence-corrected chi connectivity index (χ0v) is 20.4. The Balaban J connectivity index is 0.00000420. The summed E-state index contributed by atoms with van der Waals surface area (Å²) in [5.41, 5.74) is -4.00. The lowest BCUT2D eigenvalue weighted by molar-refractivity contribution is -0.0496. The summed E-state index contributed by atoms with van der Waals surface area (Å²) < 4.78 is 61.4. The highest BCUT2D eigenvalue weighted by Crippen LogP contribution is 2.30. The molecule has 0 aromatic carbocycles. The van der Waals surface area contributed by atoms with Gasteiger partial charge in [-0.05, 0) is 48.1 Å². The first kappa shape index (κ1) is 26.4. The maximum Gasteiger partial charge on any atom is 0.511 e. The molecule has 2 N–H and O–H groups in total. The van der Waals surface area contributed by atoms with Crippen molar-refractivity contribution in [2.45, 2.75) is 38.1 Å². The smallest absolute Gasteiger partial charge is 0.357 e. The molecule has 2 rings (SSSR count). The second kappa shape index (κ2) is 11.7. The zero-order valence-electron chi connectivity index (χ0n) is 16.4. The Hall–Kier alpha value is -0.600. The molecule has 0 aliphatic carbocycles. The lowest BCUT2D eigenvalue weighted by atomic mass is 9.98. The fourth-order valence-corrected chi connectivity index (χ4v) is 4.74. The minimum absolute atomic E-state index is 0. The molecule has 0 radical (unpaired) electrons. The monoisotopic (exact) mass is 568 g/mol. The molecule has 1 aliphatic rings. The van der Waals surface area contributed by atoms with Gasteiger partial charge < -0.3 is 10.6 Å². The van der Waals surface area contributed by atoms with Crippen LogP contribution in [-0.4, -0.2) is 56.9 Å². The molecule has 0 spiro atoms. The van der Waals surface area contributed by atoms with Crippen LogP contribution >= 0.6 is 35.3 Å². The van der Waals surface area contributed by atoms with Gasteiger partial charge in [0, 0.05) is 38.6 Å². The van der Waals surface area contributed by atoms with Crippen LogP contribution in [-0.2, 0) is 10.0 Å². The molecule has 29 heavy (non-hydrogen) atoms. The Morgan fingerprint density at radius 3 is 2.52 bits per heavy atom. The van der Waals surface area contributed by atoms with E-state index in [2.05, 4.69) is 34.0 Å². The van der Waals surface area contributed by atoms with Crippen LogP contribution in [0.1, 0.15) is 38.2 Å². The van der Waals surface area contributed by atoms with E-state index >= 15 is 0 Å². The van der Waals surface area contributed by atoms with E-state index in [9.17, 15) is 21.6 Å². The van der Waals surface area contributed by atoms with Gasteiger partial charge >= 0.3 is 15.5 Å². The molecule has 1 fully saturated rings. The second-order valence-electron chi connectivity index (χ2n) is 6.85. The number of guanidine groups is 1. The topological polar surface area (TPSA) is 73.8 Å². The van der Waals surface area contributed by atoms with Gasteiger partial charge in [0.1, 0.15) is 0 Å². The Bertz CT molecular complexity index is 734. The SMILES string of the molecule is CCNC(=NCC(C)c1ccsc1)NCC1CCN(S(=O)(=O)C(F)(F)F)CC1.I. The number of hydrogen-bond donors (Lipinski definition) is 2. The number of sulfonamides is 1. The molecule has 0 amide bonds. The van der Waals surface area contributed by atoms with Crippen molar-refractivity contribution in [1.29, 1.82) is 0 Å². The number of halogens is 4. The van der Waals surface area contributed by atoms with Crippen LogP contribution in [0.3, 0.4) is 0 Å². The molecule has 1 aliphatic heterocycles. The van der Waals surface area contributed by atoms with Crippen LogP contribution in [0.25, 0.3) is 0 Å². The lowest BCUT2D eigenvalue weighted by Crippen LogP contribution is -2.47. The van der Waals surface area contributed by atoms with Crippen LogP contribution in [0.2, 0.25) is 0 Å². The fourth-order valence-electron chi connectivity index (χ4n) is 2.97. The molecule has 1 unspecified atom stereocenters. The van der Waals surface area contributed by atoms with Crippen molar-refractivity contribution < 1.29 is 21.6 Å². The molecule has 1 saturated heterocycles. The average Bonchev–Trinajstić information content (AvgIpc) is 3.18. The van der Waals surface area contributed by atoms with Crippen LogP contribution < -0.4 is 10.6 Å². The largest absolute Gasteiger partial charge is 0.511 e. The molecule has 12 heteroatoms. The standard InChI is InChI=1S/C17H27F3N4O2S2.HI/c1-3-21-16(22-10-13(2)15-6-9-27-12-15)23-11-14-4-7-24(8-5-14)28(25,26)17(18,19)20;/h6,9,12-14H,3-5,7-8,10-11H2,1-2H3,(H2,21,22,23);1H. The Morgan fingerprint density at radius 2 is 2.00 bits per heavy atom. The predicted octanol–water partition coefficient (Wildman–Crippen LogP) is 3.59. The highest BCUT2D eigenvalue weighted by atomic mass is 127. The molecule has 0 saturated carbocycles. The number of piperidine rings is 1. The van der Waals surface area contributed by atoms with Gasteiger partial charge in [-0.3, -0.25) is 4.99 Å². The van der Waals surface area contributed by atoms with Gasteiger partial charge in [0.15, 0.2) is 5.96 Å². The van der Waals surface area contributed by atoms with Crippen molar-refractivity contribution in [1.82, 2.24) is 14.9 Å². The maximum atomic E-state index is 12.6. The number of nitrogens with zero attached hydrogens (tertiary/aromatic N) is 2. The molecular weight excluding hydrogens is 540 g/mol. The van der Waals surface area contributed by atoms with Crippen molar-refractivity contribution in [3.63, 3.8) is 0 Å². The van der Waals surface area contributed by atoms with Crippen molar-refractivity contribution in [2.24, 2.45) is 10.9 Å². The first-order chi connectivity index (χ1) is 13.1. The molecule has 0 bridgehead atoms. The van der Waals surface area contributed by atoms with E-state index in [1.54, 1.807) is 11.3 Å². The molecule has 6 nitrogen and oxygen atoms in total. The van der Waals surface area contributed by atoms with Crippen LogP contribution in [0, 0.1) is 5.92 Å². The number of aliphatic imine (C=N–C) groups is 1. The highest BCUT2D eigenvalue weighted by molar-refractivity contribution is 14.0. The molecule has 2 heterocycles. The van der Waals surface area contributed by atoms with Gasteiger partial charge in [-0.1, -0.05) is 6.92 Å². The van der Waals surface area contributed by atoms with E-state index in [1.807, 2.05) is 12.3 Å². The maximum absolute atomic E-state index is 12.6. The van der Waals surface area contributed by atoms with Crippen molar-refractivity contribution in [2.75, 3.05) is 32.7 Å². The number of rotatable bonds is 7. The number of nitrogens with one attached hydrogen (secondary N) is 2. The Morgan fingerprint density at radius 1 is 1.34 bits per heavy atom. The van der Waals surface area contributed by atoms with Crippen molar-refractivity contribution in [3.05, 3.63) is 22.4 Å². The molecule has 1 aromatic heterocycles. The Kier molecular flexibility index (Phi) is 10.7. The van der Waals surface area contributed by atoms with Gasteiger partial charge in [0.05, 0.1) is 0 Å². The highest BCUT2D eigenvalue weighted by Gasteiger charge is 2.50. The van der Waals surface area contributed by atoms with Gasteiger partial charge in [-0.15, -0.1) is 24.0 Å². The predicted molar refractivity (Wildman–Crippen MR) is 121 cm³/mol. The molecule has 1 atom stereocenters. The number of alkyl halides is 3. The van der Waals surface area contributed by atoms with E-state index in [-0.39, 0.29) is 48.9 Å². The van der Waals surface area contributed by atoms with Crippen molar-refractivity contribution in [3.8, 4) is 0 Å². The fraction of sp³-hybridized carbons (Fsp3) is 0.706. The normalized spacial score (nSPS) is 18.2. The van der Waals surface area contributed by atoms with Crippen LogP contribution in [0.4, 0.5) is 13.2 Å². The van der Waals surface area contributed by atoms with Gasteiger partial charge in [-0.2, -0.15) is 28.8 Å². The molecule has 1 aromatic rings. The molecular formula is C17H28F3IN4O2S2. The van der Waals surface area contributed by atoms with E-state index in [4.69, 9.17) is 0 Å². The summed E-state index contributed by atoms with van der Waals surface area (Å²) in [6.07, 6.45) is 0.764. The van der Waals surface area contributed by atoms with E-state index in [0.29, 0.717) is 42.7 Å². The third kappa shape index (κ3) is 7.55. The first-order valence-corrected chi connectivity index (χ1v) is 11.6. The third-order valence-corrected chi connectivity index (χ3v) is 7.08. The summed E-state index contributed by atoms with van der Waals surface area (Å²) in [4.78, 5) is 4.58. The summed E-state index contributed by atoms with van der Waals surface area (Å²) in [6, 6.07) is 2.08.